The molecule has 0 bridgehead atoms. The van der Waals surface area contributed by atoms with Gasteiger partial charge in [-0.2, -0.15) is 0 Å². The predicted molar refractivity (Wildman–Crippen MR) is 59.9 cm³/mol. The quantitative estimate of drug-likeness (QED) is 0.661. The van der Waals surface area contributed by atoms with E-state index >= 15 is 0 Å². The maximum Gasteiger partial charge on any atom is 0.0704 e. The lowest BCUT2D eigenvalue weighted by molar-refractivity contribution is -0.0211. The van der Waals surface area contributed by atoms with Crippen LogP contribution in [0.15, 0.2) is 0 Å². The predicted octanol–water partition coefficient (Wildman–Crippen LogP) is 1.98. The molecular weight excluding hydrogens is 192 g/mol. The van der Waals surface area contributed by atoms with Crippen molar-refractivity contribution >= 4 is 0 Å². The first-order valence-electron chi connectivity index (χ1n) is 6.17. The minimum atomic E-state index is 0.0988. The highest BCUT2D eigenvalue weighted by Gasteiger charge is 2.19. The second kappa shape index (κ2) is 8.08. The van der Waals surface area contributed by atoms with Gasteiger partial charge in [-0.1, -0.05) is 13.3 Å². The SMILES string of the molecule is CCC1CCC(OCCOCCO)CC1. The number of aliphatic hydroxyl groups excluding tert-OH is 1. The Labute approximate surface area is 92.8 Å². The molecule has 3 nitrogen and oxygen atoms in total. The van der Waals surface area contributed by atoms with Crippen LogP contribution in [0.2, 0.25) is 0 Å². The first-order chi connectivity index (χ1) is 7.36. The standard InChI is InChI=1S/C12H24O3/c1-2-11-3-5-12(6-4-11)15-10-9-14-8-7-13/h11-13H,2-10H2,1H3. The summed E-state index contributed by atoms with van der Waals surface area (Å²) in [6, 6.07) is 0. The molecular formula is C12H24O3. The van der Waals surface area contributed by atoms with Crippen LogP contribution in [0.3, 0.4) is 0 Å². The van der Waals surface area contributed by atoms with E-state index in [2.05, 4.69) is 6.92 Å². The molecule has 0 unspecified atom stereocenters. The lowest BCUT2D eigenvalue weighted by atomic mass is 9.86. The fraction of sp³-hybridized carbons (Fsp3) is 1.00. The van der Waals surface area contributed by atoms with Crippen molar-refractivity contribution in [2.45, 2.75) is 45.1 Å². The Kier molecular flexibility index (Phi) is 6.98. The van der Waals surface area contributed by atoms with E-state index < -0.39 is 0 Å². The van der Waals surface area contributed by atoms with Crippen molar-refractivity contribution in [1.82, 2.24) is 0 Å². The lowest BCUT2D eigenvalue weighted by Gasteiger charge is -2.27. The van der Waals surface area contributed by atoms with Gasteiger partial charge in [0.2, 0.25) is 0 Å². The number of aliphatic hydroxyl groups is 1. The van der Waals surface area contributed by atoms with Crippen LogP contribution in [0.25, 0.3) is 0 Å². The highest BCUT2D eigenvalue weighted by molar-refractivity contribution is 4.71. The van der Waals surface area contributed by atoms with Crippen LogP contribution in [0.5, 0.6) is 0 Å². The van der Waals surface area contributed by atoms with Gasteiger partial charge in [0.15, 0.2) is 0 Å². The first kappa shape index (κ1) is 12.9. The van der Waals surface area contributed by atoms with Gasteiger partial charge >= 0.3 is 0 Å². The van der Waals surface area contributed by atoms with Gasteiger partial charge in [-0.25, -0.2) is 0 Å². The van der Waals surface area contributed by atoms with Crippen molar-refractivity contribution in [3.63, 3.8) is 0 Å². The van der Waals surface area contributed by atoms with E-state index in [4.69, 9.17) is 14.6 Å². The molecule has 1 saturated carbocycles. The molecule has 0 atom stereocenters. The Hall–Kier alpha value is -0.120. The largest absolute Gasteiger partial charge is 0.394 e. The van der Waals surface area contributed by atoms with Crippen LogP contribution < -0.4 is 0 Å². The molecule has 1 aliphatic rings. The molecule has 1 fully saturated rings. The van der Waals surface area contributed by atoms with Gasteiger partial charge < -0.3 is 14.6 Å². The molecule has 0 aliphatic heterocycles. The summed E-state index contributed by atoms with van der Waals surface area (Å²) in [6.07, 6.45) is 6.81. The molecule has 1 rings (SSSR count). The third-order valence-electron chi connectivity index (χ3n) is 3.19. The second-order valence-corrected chi connectivity index (χ2v) is 4.26. The van der Waals surface area contributed by atoms with Crippen LogP contribution in [-0.2, 0) is 9.47 Å². The minimum absolute atomic E-state index is 0.0988. The molecule has 0 radical (unpaired) electrons. The van der Waals surface area contributed by atoms with Gasteiger partial charge in [0.05, 0.1) is 32.5 Å². The Morgan fingerprint density at radius 1 is 1.07 bits per heavy atom. The van der Waals surface area contributed by atoms with Gasteiger partial charge in [0.25, 0.3) is 0 Å². The average Bonchev–Trinajstić information content (AvgIpc) is 2.30. The number of hydrogen-bond acceptors (Lipinski definition) is 3. The van der Waals surface area contributed by atoms with E-state index in [-0.39, 0.29) is 6.61 Å². The van der Waals surface area contributed by atoms with E-state index in [9.17, 15) is 0 Å². The summed E-state index contributed by atoms with van der Waals surface area (Å²) in [7, 11) is 0. The van der Waals surface area contributed by atoms with Crippen LogP contribution in [-0.4, -0.2) is 37.6 Å². The van der Waals surface area contributed by atoms with E-state index in [1.165, 1.54) is 32.1 Å². The molecule has 0 saturated heterocycles. The zero-order valence-electron chi connectivity index (χ0n) is 9.78. The zero-order chi connectivity index (χ0) is 10.9. The van der Waals surface area contributed by atoms with Gasteiger partial charge in [0, 0.05) is 0 Å². The molecule has 3 heteroatoms. The van der Waals surface area contributed by atoms with Crippen molar-refractivity contribution in [3.8, 4) is 0 Å². The molecule has 15 heavy (non-hydrogen) atoms. The van der Waals surface area contributed by atoms with Crippen LogP contribution in [0.1, 0.15) is 39.0 Å². The van der Waals surface area contributed by atoms with Crippen LogP contribution in [0, 0.1) is 5.92 Å². The molecule has 0 aromatic carbocycles. The van der Waals surface area contributed by atoms with E-state index in [0.29, 0.717) is 25.9 Å². The molecule has 1 aliphatic carbocycles. The summed E-state index contributed by atoms with van der Waals surface area (Å²) in [6.45, 7) is 4.07. The monoisotopic (exact) mass is 216 g/mol. The van der Waals surface area contributed by atoms with Crippen molar-refractivity contribution in [1.29, 1.82) is 0 Å². The fourth-order valence-electron chi connectivity index (χ4n) is 2.15. The molecule has 0 aromatic rings. The van der Waals surface area contributed by atoms with E-state index in [0.717, 1.165) is 5.92 Å². The van der Waals surface area contributed by atoms with Crippen LogP contribution in [0.4, 0.5) is 0 Å². The highest BCUT2D eigenvalue weighted by atomic mass is 16.5. The Bertz CT molecular complexity index is 142. The van der Waals surface area contributed by atoms with Crippen molar-refractivity contribution in [2.24, 2.45) is 5.92 Å². The van der Waals surface area contributed by atoms with E-state index in [1.807, 2.05) is 0 Å². The van der Waals surface area contributed by atoms with Gasteiger partial charge in [-0.05, 0) is 31.6 Å². The topological polar surface area (TPSA) is 38.7 Å². The van der Waals surface area contributed by atoms with Crippen molar-refractivity contribution in [2.75, 3.05) is 26.4 Å². The number of rotatable bonds is 7. The molecule has 0 aromatic heterocycles. The Balaban J connectivity index is 1.94. The molecule has 1 N–H and O–H groups in total. The highest BCUT2D eigenvalue weighted by Crippen LogP contribution is 2.27. The first-order valence-corrected chi connectivity index (χ1v) is 6.17. The van der Waals surface area contributed by atoms with Crippen molar-refractivity contribution < 1.29 is 14.6 Å². The summed E-state index contributed by atoms with van der Waals surface area (Å²) in [5.74, 6) is 0.926. The summed E-state index contributed by atoms with van der Waals surface area (Å²) < 4.78 is 10.9. The number of ether oxygens (including phenoxy) is 2. The second-order valence-electron chi connectivity index (χ2n) is 4.26. The third-order valence-corrected chi connectivity index (χ3v) is 3.19. The van der Waals surface area contributed by atoms with Crippen LogP contribution >= 0.6 is 0 Å². The van der Waals surface area contributed by atoms with Gasteiger partial charge in [0.1, 0.15) is 0 Å². The maximum absolute atomic E-state index is 8.50. The molecule has 0 spiro atoms. The molecule has 90 valence electrons. The third kappa shape index (κ3) is 5.50. The normalized spacial score (nSPS) is 26.8. The average molecular weight is 216 g/mol. The van der Waals surface area contributed by atoms with Gasteiger partial charge in [-0.15, -0.1) is 0 Å². The summed E-state index contributed by atoms with van der Waals surface area (Å²) >= 11 is 0. The molecule has 0 heterocycles. The summed E-state index contributed by atoms with van der Waals surface area (Å²) in [5, 5.41) is 8.50. The maximum atomic E-state index is 8.50. The summed E-state index contributed by atoms with van der Waals surface area (Å²) in [4.78, 5) is 0. The lowest BCUT2D eigenvalue weighted by Crippen LogP contribution is -2.23. The Morgan fingerprint density at radius 3 is 2.40 bits per heavy atom. The smallest absolute Gasteiger partial charge is 0.0704 e. The molecule has 0 amide bonds. The zero-order valence-corrected chi connectivity index (χ0v) is 9.78. The Morgan fingerprint density at radius 2 is 1.80 bits per heavy atom. The van der Waals surface area contributed by atoms with Crippen molar-refractivity contribution in [3.05, 3.63) is 0 Å². The van der Waals surface area contributed by atoms with Gasteiger partial charge in [-0.3, -0.25) is 0 Å². The summed E-state index contributed by atoms with van der Waals surface area (Å²) in [5.41, 5.74) is 0. The fourth-order valence-corrected chi connectivity index (χ4v) is 2.15. The minimum Gasteiger partial charge on any atom is -0.394 e. The van der Waals surface area contributed by atoms with E-state index in [1.54, 1.807) is 0 Å². The number of hydrogen-bond donors (Lipinski definition) is 1.